The second-order valence-electron chi connectivity index (χ2n) is 5.52. The SMILES string of the molecule is CCCc1nc(C)c(C)n1NC(=O)C(C)/C=C\C=C/COCC. The van der Waals surface area contributed by atoms with E-state index in [0.29, 0.717) is 13.2 Å². The Kier molecular flexibility index (Phi) is 8.33. The van der Waals surface area contributed by atoms with Crippen LogP contribution in [0.2, 0.25) is 0 Å². The van der Waals surface area contributed by atoms with Crippen molar-refractivity contribution in [1.29, 1.82) is 0 Å². The van der Waals surface area contributed by atoms with Gasteiger partial charge in [-0.25, -0.2) is 9.66 Å². The highest BCUT2D eigenvalue weighted by molar-refractivity contribution is 5.87. The number of amides is 1. The van der Waals surface area contributed by atoms with E-state index < -0.39 is 0 Å². The number of hydrogen-bond acceptors (Lipinski definition) is 3. The van der Waals surface area contributed by atoms with E-state index in [2.05, 4.69) is 17.3 Å². The smallest absolute Gasteiger partial charge is 0.245 e. The first-order valence-corrected chi connectivity index (χ1v) is 8.27. The molecule has 23 heavy (non-hydrogen) atoms. The quantitative estimate of drug-likeness (QED) is 0.561. The fraction of sp³-hybridized carbons (Fsp3) is 0.556. The molecule has 0 fully saturated rings. The number of carbonyl (C=O) groups is 1. The lowest BCUT2D eigenvalue weighted by Gasteiger charge is -2.13. The second-order valence-corrected chi connectivity index (χ2v) is 5.52. The normalized spacial score (nSPS) is 13.1. The van der Waals surface area contributed by atoms with Gasteiger partial charge in [0.05, 0.1) is 23.9 Å². The van der Waals surface area contributed by atoms with Crippen LogP contribution in [0, 0.1) is 19.8 Å². The molecule has 1 unspecified atom stereocenters. The van der Waals surface area contributed by atoms with E-state index in [1.54, 1.807) is 0 Å². The Hall–Kier alpha value is -1.88. The van der Waals surface area contributed by atoms with E-state index in [9.17, 15) is 4.79 Å². The number of nitrogens with zero attached hydrogens (tertiary/aromatic N) is 2. The minimum Gasteiger partial charge on any atom is -0.378 e. The summed E-state index contributed by atoms with van der Waals surface area (Å²) in [6.45, 7) is 11.2. The largest absolute Gasteiger partial charge is 0.378 e. The van der Waals surface area contributed by atoms with Gasteiger partial charge in [-0.05, 0) is 27.2 Å². The molecule has 0 aliphatic carbocycles. The van der Waals surface area contributed by atoms with E-state index in [0.717, 1.165) is 30.1 Å². The van der Waals surface area contributed by atoms with Crippen molar-refractivity contribution < 1.29 is 9.53 Å². The third kappa shape index (κ3) is 6.02. The molecule has 128 valence electrons. The number of rotatable bonds is 9. The number of imidazole rings is 1. The van der Waals surface area contributed by atoms with Crippen LogP contribution < -0.4 is 5.43 Å². The maximum absolute atomic E-state index is 12.3. The number of hydrogen-bond donors (Lipinski definition) is 1. The Morgan fingerprint density at radius 2 is 2.09 bits per heavy atom. The number of allylic oxidation sites excluding steroid dienone is 2. The lowest BCUT2D eigenvalue weighted by atomic mass is 10.1. The summed E-state index contributed by atoms with van der Waals surface area (Å²) in [4.78, 5) is 16.9. The van der Waals surface area contributed by atoms with Crippen LogP contribution in [0.4, 0.5) is 0 Å². The molecule has 5 heteroatoms. The molecular formula is C18H29N3O2. The summed E-state index contributed by atoms with van der Waals surface area (Å²) in [6, 6.07) is 0. The van der Waals surface area contributed by atoms with Gasteiger partial charge in [0, 0.05) is 13.0 Å². The first-order chi connectivity index (χ1) is 11.0. The zero-order valence-electron chi connectivity index (χ0n) is 14.9. The Bertz CT molecular complexity index is 559. The van der Waals surface area contributed by atoms with Gasteiger partial charge < -0.3 is 4.74 Å². The summed E-state index contributed by atoms with van der Waals surface area (Å²) in [6.07, 6.45) is 9.41. The molecule has 1 heterocycles. The number of aromatic nitrogens is 2. The first kappa shape index (κ1) is 19.2. The zero-order valence-corrected chi connectivity index (χ0v) is 14.9. The first-order valence-electron chi connectivity index (χ1n) is 8.27. The summed E-state index contributed by atoms with van der Waals surface area (Å²) in [5.41, 5.74) is 4.90. The van der Waals surface area contributed by atoms with Crippen LogP contribution in [0.25, 0.3) is 0 Å². The summed E-state index contributed by atoms with van der Waals surface area (Å²) in [5.74, 6) is 0.643. The average molecular weight is 319 g/mol. The maximum Gasteiger partial charge on any atom is 0.245 e. The van der Waals surface area contributed by atoms with Crippen molar-refractivity contribution in [3.05, 3.63) is 41.5 Å². The van der Waals surface area contributed by atoms with Crippen LogP contribution in [-0.4, -0.2) is 28.8 Å². The van der Waals surface area contributed by atoms with Crippen LogP contribution >= 0.6 is 0 Å². The minimum absolute atomic E-state index is 0.0442. The zero-order chi connectivity index (χ0) is 17.2. The van der Waals surface area contributed by atoms with Crippen molar-refractivity contribution in [2.45, 2.75) is 47.5 Å². The van der Waals surface area contributed by atoms with Crippen molar-refractivity contribution in [3.63, 3.8) is 0 Å². The standard InChI is InChI=1S/C18H29N3O2/c1-6-11-17-19-15(4)16(5)21(17)20-18(22)14(3)12-9-8-10-13-23-7-2/h8-10,12,14H,6-7,11,13H2,1-5H3,(H,20,22)/b10-8-,12-9-. The third-order valence-electron chi connectivity index (χ3n) is 3.59. The van der Waals surface area contributed by atoms with Gasteiger partial charge in [0.15, 0.2) is 0 Å². The van der Waals surface area contributed by atoms with Crippen LogP contribution in [0.5, 0.6) is 0 Å². The van der Waals surface area contributed by atoms with E-state index in [1.807, 2.05) is 56.7 Å². The molecule has 0 aromatic carbocycles. The predicted octanol–water partition coefficient (Wildman–Crippen LogP) is 3.31. The fourth-order valence-corrected chi connectivity index (χ4v) is 2.07. The molecule has 0 aliphatic heterocycles. The number of nitrogens with one attached hydrogen (secondary N) is 1. The van der Waals surface area contributed by atoms with Gasteiger partial charge in [0.2, 0.25) is 5.91 Å². The molecule has 5 nitrogen and oxygen atoms in total. The van der Waals surface area contributed by atoms with Crippen LogP contribution in [-0.2, 0) is 16.0 Å². The summed E-state index contributed by atoms with van der Waals surface area (Å²) >= 11 is 0. The van der Waals surface area contributed by atoms with Crippen LogP contribution in [0.1, 0.15) is 44.4 Å². The molecule has 0 spiro atoms. The monoisotopic (exact) mass is 319 g/mol. The van der Waals surface area contributed by atoms with Gasteiger partial charge in [0.1, 0.15) is 5.82 Å². The molecule has 0 bridgehead atoms. The van der Waals surface area contributed by atoms with Crippen LogP contribution in [0.15, 0.2) is 24.3 Å². The van der Waals surface area contributed by atoms with Gasteiger partial charge in [-0.1, -0.05) is 38.2 Å². The number of carbonyl (C=O) groups excluding carboxylic acids is 1. The third-order valence-corrected chi connectivity index (χ3v) is 3.59. The van der Waals surface area contributed by atoms with E-state index in [4.69, 9.17) is 4.74 Å². The van der Waals surface area contributed by atoms with Gasteiger partial charge >= 0.3 is 0 Å². The van der Waals surface area contributed by atoms with Crippen molar-refractivity contribution in [2.24, 2.45) is 5.92 Å². The lowest BCUT2D eigenvalue weighted by Crippen LogP contribution is -2.29. The van der Waals surface area contributed by atoms with Crippen molar-refractivity contribution in [1.82, 2.24) is 9.66 Å². The molecule has 1 atom stereocenters. The van der Waals surface area contributed by atoms with Crippen molar-refractivity contribution in [3.8, 4) is 0 Å². The van der Waals surface area contributed by atoms with Gasteiger partial charge in [0.25, 0.3) is 0 Å². The van der Waals surface area contributed by atoms with E-state index in [1.165, 1.54) is 0 Å². The lowest BCUT2D eigenvalue weighted by molar-refractivity contribution is -0.119. The highest BCUT2D eigenvalue weighted by Crippen LogP contribution is 2.11. The van der Waals surface area contributed by atoms with Gasteiger partial charge in [-0.15, -0.1) is 0 Å². The molecule has 0 saturated carbocycles. The van der Waals surface area contributed by atoms with Gasteiger partial charge in [-0.2, -0.15) is 0 Å². The summed E-state index contributed by atoms with van der Waals surface area (Å²) in [7, 11) is 0. The molecule has 1 amide bonds. The van der Waals surface area contributed by atoms with Crippen molar-refractivity contribution in [2.75, 3.05) is 18.6 Å². The Morgan fingerprint density at radius 1 is 1.35 bits per heavy atom. The molecule has 1 rings (SSSR count). The molecular weight excluding hydrogens is 290 g/mol. The highest BCUT2D eigenvalue weighted by Gasteiger charge is 2.15. The molecule has 0 radical (unpaired) electrons. The summed E-state index contributed by atoms with van der Waals surface area (Å²) < 4.78 is 7.02. The number of ether oxygens (including phenoxy) is 1. The molecule has 0 aliphatic rings. The molecule has 1 aromatic heterocycles. The molecule has 1 aromatic rings. The maximum atomic E-state index is 12.3. The fourth-order valence-electron chi connectivity index (χ4n) is 2.07. The Balaban J connectivity index is 2.65. The minimum atomic E-state index is -0.219. The topological polar surface area (TPSA) is 56.2 Å². The average Bonchev–Trinajstić information content (AvgIpc) is 2.78. The van der Waals surface area contributed by atoms with Gasteiger partial charge in [-0.3, -0.25) is 10.2 Å². The van der Waals surface area contributed by atoms with Crippen molar-refractivity contribution >= 4 is 5.91 Å². The Morgan fingerprint density at radius 3 is 2.74 bits per heavy atom. The number of aryl methyl sites for hydroxylation is 2. The second kappa shape index (κ2) is 10.0. The molecule has 1 N–H and O–H groups in total. The van der Waals surface area contributed by atoms with E-state index in [-0.39, 0.29) is 11.8 Å². The highest BCUT2D eigenvalue weighted by atomic mass is 16.5. The molecule has 0 saturated heterocycles. The summed E-state index contributed by atoms with van der Waals surface area (Å²) in [5, 5.41) is 0. The predicted molar refractivity (Wildman–Crippen MR) is 94.0 cm³/mol. The Labute approximate surface area is 139 Å². The van der Waals surface area contributed by atoms with E-state index >= 15 is 0 Å². The van der Waals surface area contributed by atoms with Crippen LogP contribution in [0.3, 0.4) is 0 Å².